The van der Waals surface area contributed by atoms with Crippen LogP contribution in [0.25, 0.3) is 17.1 Å². The van der Waals surface area contributed by atoms with E-state index in [1.165, 1.54) is 11.6 Å². The molecule has 2 aromatic carbocycles. The molecule has 14 heteroatoms. The summed E-state index contributed by atoms with van der Waals surface area (Å²) in [6.45, 7) is 3.11. The third-order valence-electron chi connectivity index (χ3n) is 4.70. The van der Waals surface area contributed by atoms with Crippen LogP contribution in [0.5, 0.6) is 0 Å². The number of rotatable bonds is 6. The van der Waals surface area contributed by atoms with Gasteiger partial charge in [-0.3, -0.25) is 9.59 Å². The van der Waals surface area contributed by atoms with E-state index in [1.807, 2.05) is 0 Å². The molecule has 4 rings (SSSR count). The molecule has 35 heavy (non-hydrogen) atoms. The first-order valence-electron chi connectivity index (χ1n) is 9.96. The van der Waals surface area contributed by atoms with E-state index in [-0.39, 0.29) is 34.0 Å². The Kier molecular flexibility index (Phi) is 6.75. The van der Waals surface area contributed by atoms with Crippen LogP contribution in [0.1, 0.15) is 29.9 Å². The van der Waals surface area contributed by atoms with Crippen molar-refractivity contribution >= 4 is 52.2 Å². The number of carbonyl (C=O) groups excluding carboxylic acids is 2. The Morgan fingerprint density at radius 2 is 1.89 bits per heavy atom. The first-order valence-corrected chi connectivity index (χ1v) is 10.7. The molecule has 178 valence electrons. The molecule has 0 saturated heterocycles. The van der Waals surface area contributed by atoms with Crippen molar-refractivity contribution in [2.24, 2.45) is 5.10 Å². The van der Waals surface area contributed by atoms with Crippen molar-refractivity contribution in [3.05, 3.63) is 63.8 Å². The van der Waals surface area contributed by atoms with E-state index in [9.17, 15) is 9.59 Å². The monoisotopic (exact) mass is 513 g/mol. The second kappa shape index (κ2) is 9.91. The first-order chi connectivity index (χ1) is 16.7. The minimum absolute atomic E-state index is 0.0343. The second-order valence-corrected chi connectivity index (χ2v) is 8.01. The van der Waals surface area contributed by atoms with E-state index < -0.39 is 5.91 Å². The molecule has 0 atom stereocenters. The van der Waals surface area contributed by atoms with E-state index in [0.29, 0.717) is 27.5 Å². The average Bonchev–Trinajstić information content (AvgIpc) is 3.44. The molecule has 0 saturated carbocycles. The fraction of sp³-hybridized carbons (Fsp3) is 0.0952. The number of hydrazone groups is 1. The highest BCUT2D eigenvalue weighted by atomic mass is 35.5. The number of hydrogen-bond acceptors (Lipinski definition) is 9. The zero-order valence-corrected chi connectivity index (χ0v) is 19.8. The van der Waals surface area contributed by atoms with Crippen molar-refractivity contribution in [3.63, 3.8) is 0 Å². The molecule has 2 aromatic heterocycles. The molecule has 0 spiro atoms. The van der Waals surface area contributed by atoms with Gasteiger partial charge in [0.15, 0.2) is 5.69 Å². The minimum Gasteiger partial charge on any atom is -0.378 e. The molecule has 4 aromatic rings. The molecule has 0 aliphatic heterocycles. The maximum absolute atomic E-state index is 13.1. The van der Waals surface area contributed by atoms with Gasteiger partial charge >= 0.3 is 0 Å². The standard InChI is InChI=1S/C21H17Cl2N9O3/c1-10(12-4-3-5-14(8-12)25-11(2)33)26-28-21(34)17-18(13-6-7-15(22)16(23)9-13)32(31-27-17)20-19(24)29-35-30-20/h3-9H,1-2H3,(H2,24,29)(H,25,33)(H,28,34)/b26-10-. The van der Waals surface area contributed by atoms with Gasteiger partial charge in [0.1, 0.15) is 5.69 Å². The first kappa shape index (κ1) is 23.9. The normalized spacial score (nSPS) is 11.4. The number of nitrogens with one attached hydrogen (secondary N) is 2. The third kappa shape index (κ3) is 5.13. The molecule has 0 aliphatic carbocycles. The Hall–Kier alpha value is -4.29. The Morgan fingerprint density at radius 1 is 1.09 bits per heavy atom. The number of aromatic nitrogens is 5. The summed E-state index contributed by atoms with van der Waals surface area (Å²) in [4.78, 5) is 24.4. The van der Waals surface area contributed by atoms with E-state index in [4.69, 9.17) is 28.9 Å². The largest absolute Gasteiger partial charge is 0.378 e. The number of benzene rings is 2. The van der Waals surface area contributed by atoms with Gasteiger partial charge in [-0.2, -0.15) is 9.78 Å². The Labute approximate surface area is 208 Å². The number of hydrogen-bond donors (Lipinski definition) is 3. The number of nitrogen functional groups attached to an aromatic ring is 1. The SMILES string of the molecule is CC(=O)Nc1cccc(/C(C)=N\NC(=O)c2nnn(-c3nonc3N)c2-c2ccc(Cl)c(Cl)c2)c1. The molecule has 12 nitrogen and oxygen atoms in total. The molecule has 4 N–H and O–H groups in total. The summed E-state index contributed by atoms with van der Waals surface area (Å²) in [5.41, 5.74) is 10.6. The minimum atomic E-state index is -0.662. The summed E-state index contributed by atoms with van der Waals surface area (Å²) in [5.74, 6) is -0.890. The zero-order chi connectivity index (χ0) is 25.1. The fourth-order valence-corrected chi connectivity index (χ4v) is 3.40. The lowest BCUT2D eigenvalue weighted by Crippen LogP contribution is -2.21. The predicted octanol–water partition coefficient (Wildman–Crippen LogP) is 3.32. The van der Waals surface area contributed by atoms with Crippen LogP contribution in [0, 0.1) is 0 Å². The lowest BCUT2D eigenvalue weighted by Gasteiger charge is -2.08. The number of anilines is 2. The van der Waals surface area contributed by atoms with Crippen molar-refractivity contribution in [2.75, 3.05) is 11.1 Å². The maximum Gasteiger partial charge on any atom is 0.294 e. The van der Waals surface area contributed by atoms with Crippen molar-refractivity contribution in [3.8, 4) is 17.1 Å². The Bertz CT molecular complexity index is 1460. The van der Waals surface area contributed by atoms with Gasteiger partial charge in [0.25, 0.3) is 5.91 Å². The number of carbonyl (C=O) groups is 2. The van der Waals surface area contributed by atoms with Gasteiger partial charge in [0, 0.05) is 18.2 Å². The van der Waals surface area contributed by atoms with E-state index in [0.717, 1.165) is 0 Å². The highest BCUT2D eigenvalue weighted by molar-refractivity contribution is 6.42. The van der Waals surface area contributed by atoms with Crippen LogP contribution in [-0.2, 0) is 4.79 Å². The third-order valence-corrected chi connectivity index (χ3v) is 5.44. The molecular weight excluding hydrogens is 497 g/mol. The summed E-state index contributed by atoms with van der Waals surface area (Å²) in [6.07, 6.45) is 0. The molecule has 0 fully saturated rings. The van der Waals surface area contributed by atoms with Crippen molar-refractivity contribution < 1.29 is 14.2 Å². The molecule has 0 radical (unpaired) electrons. The summed E-state index contributed by atoms with van der Waals surface area (Å²) < 4.78 is 5.86. The van der Waals surface area contributed by atoms with Gasteiger partial charge in [-0.1, -0.05) is 46.6 Å². The van der Waals surface area contributed by atoms with Crippen LogP contribution in [0.3, 0.4) is 0 Å². The number of nitrogens with zero attached hydrogens (tertiary/aromatic N) is 6. The number of amides is 2. The van der Waals surface area contributed by atoms with Gasteiger partial charge in [-0.05, 0) is 47.1 Å². The fourth-order valence-electron chi connectivity index (χ4n) is 3.10. The van der Waals surface area contributed by atoms with Crippen LogP contribution >= 0.6 is 23.2 Å². The van der Waals surface area contributed by atoms with Crippen molar-refractivity contribution in [2.45, 2.75) is 13.8 Å². The van der Waals surface area contributed by atoms with Gasteiger partial charge < -0.3 is 11.1 Å². The van der Waals surface area contributed by atoms with Gasteiger partial charge in [0.05, 0.1) is 15.8 Å². The molecule has 0 aliphatic rings. The molecular formula is C21H17Cl2N9O3. The van der Waals surface area contributed by atoms with Crippen LogP contribution < -0.4 is 16.5 Å². The average molecular weight is 514 g/mol. The molecule has 0 unspecified atom stereocenters. The van der Waals surface area contributed by atoms with Crippen LogP contribution in [-0.4, -0.2) is 42.8 Å². The van der Waals surface area contributed by atoms with Gasteiger partial charge in [-0.15, -0.1) is 5.10 Å². The highest BCUT2D eigenvalue weighted by Gasteiger charge is 2.25. The highest BCUT2D eigenvalue weighted by Crippen LogP contribution is 2.31. The van der Waals surface area contributed by atoms with E-state index in [1.54, 1.807) is 49.4 Å². The number of nitrogens with two attached hydrogens (primary N) is 1. The topological polar surface area (TPSA) is 166 Å². The molecule has 2 heterocycles. The summed E-state index contributed by atoms with van der Waals surface area (Å²) in [5, 5.41) is 22.7. The van der Waals surface area contributed by atoms with Crippen LogP contribution in [0.15, 0.2) is 52.2 Å². The summed E-state index contributed by atoms with van der Waals surface area (Å²) >= 11 is 12.2. The molecule has 2 amide bonds. The smallest absolute Gasteiger partial charge is 0.294 e. The van der Waals surface area contributed by atoms with Gasteiger partial charge in [0.2, 0.25) is 17.5 Å². The van der Waals surface area contributed by atoms with Gasteiger partial charge in [-0.25, -0.2) is 10.1 Å². The van der Waals surface area contributed by atoms with Crippen LogP contribution in [0.4, 0.5) is 11.5 Å². The Morgan fingerprint density at radius 3 is 2.57 bits per heavy atom. The quantitative estimate of drug-likeness (QED) is 0.260. The summed E-state index contributed by atoms with van der Waals surface area (Å²) in [6, 6.07) is 11.7. The van der Waals surface area contributed by atoms with Crippen molar-refractivity contribution in [1.29, 1.82) is 0 Å². The lowest BCUT2D eigenvalue weighted by molar-refractivity contribution is -0.114. The van der Waals surface area contributed by atoms with E-state index in [2.05, 4.69) is 41.1 Å². The maximum atomic E-state index is 13.1. The van der Waals surface area contributed by atoms with Crippen molar-refractivity contribution in [1.82, 2.24) is 30.7 Å². The molecule has 0 bridgehead atoms. The zero-order valence-electron chi connectivity index (χ0n) is 18.3. The summed E-state index contributed by atoms with van der Waals surface area (Å²) in [7, 11) is 0. The lowest BCUT2D eigenvalue weighted by atomic mass is 10.1. The van der Waals surface area contributed by atoms with Crippen LogP contribution in [0.2, 0.25) is 10.0 Å². The number of halogens is 2. The predicted molar refractivity (Wildman–Crippen MR) is 130 cm³/mol. The van der Waals surface area contributed by atoms with E-state index >= 15 is 0 Å². The second-order valence-electron chi connectivity index (χ2n) is 7.20. The Balaban J connectivity index is 1.69.